The molecule has 122 valence electrons. The molecular weight excluding hydrogens is 391 g/mol. The van der Waals surface area contributed by atoms with E-state index in [1.54, 1.807) is 30.3 Å². The van der Waals surface area contributed by atoms with Crippen molar-refractivity contribution in [1.29, 1.82) is 5.39 Å². The van der Waals surface area contributed by atoms with Crippen molar-refractivity contribution in [2.75, 3.05) is 0 Å². The summed E-state index contributed by atoms with van der Waals surface area (Å²) in [6, 6.07) is 9.51. The number of rotatable bonds is 2. The number of diazo groups is 1. The van der Waals surface area contributed by atoms with E-state index < -0.39 is 10.4 Å². The van der Waals surface area contributed by atoms with Crippen molar-refractivity contribution >= 4 is 50.9 Å². The highest BCUT2D eigenvalue weighted by atomic mass is 35.5. The van der Waals surface area contributed by atoms with Crippen molar-refractivity contribution in [3.05, 3.63) is 56.4 Å². The molecule has 0 aliphatic heterocycles. The van der Waals surface area contributed by atoms with Gasteiger partial charge in [-0.3, -0.25) is 4.55 Å². The van der Waals surface area contributed by atoms with Crippen LogP contribution in [0, 0.1) is 5.39 Å². The van der Waals surface area contributed by atoms with E-state index in [1.807, 2.05) is 0 Å². The van der Waals surface area contributed by atoms with E-state index in [-0.39, 0.29) is 5.69 Å². The van der Waals surface area contributed by atoms with E-state index in [1.165, 1.54) is 6.07 Å². The van der Waals surface area contributed by atoms with Crippen LogP contribution in [0.4, 0.5) is 5.69 Å². The lowest BCUT2D eigenvalue weighted by molar-refractivity contribution is 0.366. The maximum absolute atomic E-state index is 8.87. The second-order valence-corrected chi connectivity index (χ2v) is 5.95. The van der Waals surface area contributed by atoms with Crippen molar-refractivity contribution in [3.63, 3.8) is 0 Å². The van der Waals surface area contributed by atoms with Crippen LogP contribution in [-0.4, -0.2) is 17.5 Å². The molecule has 0 saturated carbocycles. The van der Waals surface area contributed by atoms with Gasteiger partial charge in [-0.25, -0.2) is 8.42 Å². The van der Waals surface area contributed by atoms with Gasteiger partial charge in [-0.15, -0.1) is 0 Å². The Kier molecular flexibility index (Phi) is 7.02. The van der Waals surface area contributed by atoms with Crippen LogP contribution in [0.15, 0.2) is 36.4 Å². The molecule has 7 nitrogen and oxygen atoms in total. The van der Waals surface area contributed by atoms with Gasteiger partial charge in [0.2, 0.25) is 21.5 Å². The molecule has 0 fully saturated rings. The van der Waals surface area contributed by atoms with Gasteiger partial charge in [0.05, 0.1) is 11.1 Å². The fraction of sp³-hybridized carbons (Fsp3) is 0. The average Bonchev–Trinajstić information content (AvgIpc) is 2.41. The van der Waals surface area contributed by atoms with E-state index >= 15 is 0 Å². The van der Waals surface area contributed by atoms with Crippen molar-refractivity contribution < 1.29 is 22.3 Å². The summed E-state index contributed by atoms with van der Waals surface area (Å²) in [5, 5.41) is 10.2. The Hall–Kier alpha value is -1.60. The molecule has 2 rings (SSSR count). The third-order valence-electron chi connectivity index (χ3n) is 2.14. The summed E-state index contributed by atoms with van der Waals surface area (Å²) >= 11 is 17.5. The first-order valence-corrected chi connectivity index (χ1v) is 8.06. The Balaban J connectivity index is 0.000000463. The molecule has 0 saturated heterocycles. The normalized spacial score (nSPS) is 10.3. The van der Waals surface area contributed by atoms with Gasteiger partial charge in [-0.2, -0.15) is 0 Å². The smallest absolute Gasteiger partial charge is 0.428 e. The number of halogens is 3. The molecule has 0 radical (unpaired) electrons. The zero-order valence-corrected chi connectivity index (χ0v) is 14.1. The van der Waals surface area contributed by atoms with Crippen LogP contribution < -0.4 is 4.74 Å². The molecule has 0 aliphatic rings. The maximum Gasteiger partial charge on any atom is 0.428 e. The first-order chi connectivity index (χ1) is 10.6. The summed E-state index contributed by atoms with van der Waals surface area (Å²) in [5.41, 5.74) is 0.216. The van der Waals surface area contributed by atoms with Gasteiger partial charge in [-0.05, 0) is 30.3 Å². The Morgan fingerprint density at radius 1 is 1.04 bits per heavy atom. The summed E-state index contributed by atoms with van der Waals surface area (Å²) in [4.78, 5) is 3.10. The maximum atomic E-state index is 8.87. The number of hydrogen-bond acceptors (Lipinski definition) is 5. The quantitative estimate of drug-likeness (QED) is 0.436. The summed E-state index contributed by atoms with van der Waals surface area (Å²) < 4.78 is 38.4. The second kappa shape index (κ2) is 8.31. The van der Waals surface area contributed by atoms with Crippen molar-refractivity contribution in [2.24, 2.45) is 0 Å². The zero-order chi connectivity index (χ0) is 17.6. The number of ether oxygens (including phenoxy) is 1. The topological polar surface area (TPSA) is 115 Å². The number of benzene rings is 2. The molecule has 11 heteroatoms. The summed E-state index contributed by atoms with van der Waals surface area (Å²) in [6.07, 6.45) is 0. The van der Waals surface area contributed by atoms with Crippen molar-refractivity contribution in [1.82, 2.24) is 0 Å². The minimum Gasteiger partial charge on any atom is -0.726 e. The fourth-order valence-electron chi connectivity index (χ4n) is 1.33. The van der Waals surface area contributed by atoms with Crippen molar-refractivity contribution in [2.45, 2.75) is 0 Å². The standard InChI is InChI=1S/C12H6Cl3N2O.H2O4S/c13-7-1-3-11(9(15)5-7)18-12-4-2-8(14)6-10(12)17-16;1-5(2,3)4/h1-6H;(H2,1,2,3,4)/q+1;/p-1. The molecule has 23 heavy (non-hydrogen) atoms. The summed E-state index contributed by atoms with van der Waals surface area (Å²) in [5.74, 6) is 0.749. The molecular formula is C12H7Cl3N2O5S. The molecule has 0 aliphatic carbocycles. The Morgan fingerprint density at radius 3 is 2.00 bits per heavy atom. The Labute approximate surface area is 146 Å². The van der Waals surface area contributed by atoms with Gasteiger partial charge in [0.1, 0.15) is 5.75 Å². The summed E-state index contributed by atoms with van der Waals surface area (Å²) in [7, 11) is -4.92. The van der Waals surface area contributed by atoms with Crippen LogP contribution in [0.5, 0.6) is 11.5 Å². The van der Waals surface area contributed by atoms with Gasteiger partial charge in [0.25, 0.3) is 0 Å². The highest BCUT2D eigenvalue weighted by Gasteiger charge is 2.17. The number of hydrogen-bond donors (Lipinski definition) is 1. The fourth-order valence-corrected chi connectivity index (χ4v) is 1.94. The lowest BCUT2D eigenvalue weighted by atomic mass is 10.3. The highest BCUT2D eigenvalue weighted by Crippen LogP contribution is 2.37. The number of nitrogens with zero attached hydrogens (tertiary/aromatic N) is 2. The molecule has 2 aromatic carbocycles. The van der Waals surface area contributed by atoms with Gasteiger partial charge in [0.15, 0.2) is 4.98 Å². The van der Waals surface area contributed by atoms with Crippen molar-refractivity contribution in [3.8, 4) is 11.5 Å². The molecule has 0 amide bonds. The summed E-state index contributed by atoms with van der Waals surface area (Å²) in [6.45, 7) is 0. The lowest BCUT2D eigenvalue weighted by Gasteiger charge is -2.05. The van der Waals surface area contributed by atoms with Crippen LogP contribution in [0.25, 0.3) is 4.98 Å². The molecule has 0 bridgehead atoms. The minimum atomic E-state index is -4.92. The molecule has 0 spiro atoms. The van der Waals surface area contributed by atoms with Crippen LogP contribution in [0.2, 0.25) is 15.1 Å². The second-order valence-electron chi connectivity index (χ2n) is 3.82. The van der Waals surface area contributed by atoms with Gasteiger partial charge in [0, 0.05) is 10.0 Å². The highest BCUT2D eigenvalue weighted by molar-refractivity contribution is 7.79. The van der Waals surface area contributed by atoms with Gasteiger partial charge in [-0.1, -0.05) is 34.8 Å². The van der Waals surface area contributed by atoms with E-state index in [4.69, 9.17) is 62.5 Å². The van der Waals surface area contributed by atoms with E-state index in [0.29, 0.717) is 26.6 Å². The molecule has 0 unspecified atom stereocenters. The van der Waals surface area contributed by atoms with Crippen LogP contribution in [0.1, 0.15) is 0 Å². The molecule has 2 aromatic rings. The Bertz CT molecular complexity index is 844. The van der Waals surface area contributed by atoms with Gasteiger partial charge >= 0.3 is 5.69 Å². The molecule has 1 N–H and O–H groups in total. The van der Waals surface area contributed by atoms with Crippen LogP contribution in [-0.2, 0) is 10.4 Å². The molecule has 0 atom stereocenters. The third-order valence-corrected chi connectivity index (χ3v) is 2.91. The van der Waals surface area contributed by atoms with E-state index in [2.05, 4.69) is 4.98 Å². The minimum absolute atomic E-state index is 0.216. The van der Waals surface area contributed by atoms with E-state index in [0.717, 1.165) is 0 Å². The monoisotopic (exact) mass is 396 g/mol. The van der Waals surface area contributed by atoms with Crippen LogP contribution in [0.3, 0.4) is 0 Å². The Morgan fingerprint density at radius 2 is 1.52 bits per heavy atom. The third kappa shape index (κ3) is 7.47. The lowest BCUT2D eigenvalue weighted by Crippen LogP contribution is -1.90. The SMILES string of the molecule is N#[N+]c1cc(Cl)ccc1Oc1ccc(Cl)cc1Cl.O=S(=O)([O-])O. The van der Waals surface area contributed by atoms with E-state index in [9.17, 15) is 0 Å². The molecule has 0 aromatic heterocycles. The zero-order valence-electron chi connectivity index (χ0n) is 11.0. The first kappa shape index (κ1) is 19.4. The average molecular weight is 398 g/mol. The largest absolute Gasteiger partial charge is 0.726 e. The molecule has 0 heterocycles. The predicted molar refractivity (Wildman–Crippen MR) is 85.1 cm³/mol. The van der Waals surface area contributed by atoms with Gasteiger partial charge < -0.3 is 9.29 Å². The first-order valence-electron chi connectivity index (χ1n) is 5.56. The predicted octanol–water partition coefficient (Wildman–Crippen LogP) is 4.93. The van der Waals surface area contributed by atoms with Crippen LogP contribution >= 0.6 is 34.8 Å².